The molecule has 2 fully saturated rings. The first kappa shape index (κ1) is 8.88. The van der Waals surface area contributed by atoms with Gasteiger partial charge < -0.3 is 5.11 Å². The zero-order valence-electron chi connectivity index (χ0n) is 7.75. The molecule has 2 saturated carbocycles. The number of ketones is 2. The van der Waals surface area contributed by atoms with Crippen molar-refractivity contribution in [2.24, 2.45) is 11.3 Å². The number of carbonyl (C=O) groups excluding carboxylic acids is 2. The Hall–Kier alpha value is -0.700. The molecule has 72 valence electrons. The molecule has 0 aliphatic heterocycles. The van der Waals surface area contributed by atoms with E-state index >= 15 is 0 Å². The normalized spacial score (nSPS) is 45.1. The first-order valence-electron chi connectivity index (χ1n) is 4.81. The maximum absolute atomic E-state index is 11.6. The Balaban J connectivity index is 2.38. The number of Topliss-reactive ketones (excluding diaryl/α,β-unsaturated/α-hetero) is 2. The van der Waals surface area contributed by atoms with E-state index < -0.39 is 11.5 Å². The van der Waals surface area contributed by atoms with Gasteiger partial charge in [0.1, 0.15) is 11.6 Å². The molecule has 0 aromatic rings. The van der Waals surface area contributed by atoms with E-state index in [-0.39, 0.29) is 17.5 Å². The molecular formula is C10H14O3. The van der Waals surface area contributed by atoms with Crippen LogP contribution in [0.15, 0.2) is 0 Å². The van der Waals surface area contributed by atoms with Gasteiger partial charge in [0.05, 0.1) is 11.5 Å². The molecule has 0 unspecified atom stereocenters. The summed E-state index contributed by atoms with van der Waals surface area (Å²) < 4.78 is 0. The molecule has 0 heterocycles. The van der Waals surface area contributed by atoms with E-state index in [0.717, 1.165) is 0 Å². The van der Waals surface area contributed by atoms with Crippen molar-refractivity contribution in [3.05, 3.63) is 0 Å². The fraction of sp³-hybridized carbons (Fsp3) is 0.800. The molecule has 0 amide bonds. The highest BCUT2D eigenvalue weighted by Gasteiger charge is 2.55. The van der Waals surface area contributed by atoms with E-state index in [1.54, 1.807) is 6.92 Å². The van der Waals surface area contributed by atoms with Gasteiger partial charge in [-0.15, -0.1) is 0 Å². The summed E-state index contributed by atoms with van der Waals surface area (Å²) in [5.41, 5.74) is -0.755. The third-order valence-electron chi connectivity index (χ3n) is 3.73. The first-order chi connectivity index (χ1) is 6.06. The van der Waals surface area contributed by atoms with Crippen LogP contribution in [0.2, 0.25) is 0 Å². The van der Waals surface area contributed by atoms with Gasteiger partial charge in [-0.3, -0.25) is 9.59 Å². The van der Waals surface area contributed by atoms with E-state index in [9.17, 15) is 14.7 Å². The molecular weight excluding hydrogens is 168 g/mol. The van der Waals surface area contributed by atoms with E-state index in [2.05, 4.69) is 0 Å². The van der Waals surface area contributed by atoms with Crippen LogP contribution in [0.4, 0.5) is 0 Å². The number of aliphatic hydroxyl groups is 1. The predicted molar refractivity (Wildman–Crippen MR) is 46.1 cm³/mol. The minimum atomic E-state index is -0.755. The lowest BCUT2D eigenvalue weighted by Gasteiger charge is -2.35. The lowest BCUT2D eigenvalue weighted by molar-refractivity contribution is -0.147. The van der Waals surface area contributed by atoms with Crippen LogP contribution in [0.3, 0.4) is 0 Å². The highest BCUT2D eigenvalue weighted by molar-refractivity contribution is 5.99. The molecule has 0 bridgehead atoms. The van der Waals surface area contributed by atoms with Crippen LogP contribution in [0.5, 0.6) is 0 Å². The zero-order valence-corrected chi connectivity index (χ0v) is 7.75. The smallest absolute Gasteiger partial charge is 0.142 e. The predicted octanol–water partition coefficient (Wildman–Crippen LogP) is 0.696. The molecule has 0 spiro atoms. The van der Waals surface area contributed by atoms with Crippen LogP contribution >= 0.6 is 0 Å². The van der Waals surface area contributed by atoms with E-state index in [4.69, 9.17) is 0 Å². The molecule has 0 aromatic heterocycles. The van der Waals surface area contributed by atoms with Crippen LogP contribution in [-0.2, 0) is 9.59 Å². The van der Waals surface area contributed by atoms with Gasteiger partial charge in [-0.2, -0.15) is 0 Å². The van der Waals surface area contributed by atoms with Crippen LogP contribution in [-0.4, -0.2) is 22.8 Å². The van der Waals surface area contributed by atoms with Crippen molar-refractivity contribution in [3.63, 3.8) is 0 Å². The SMILES string of the molecule is C[C@]12C(=O)CCC(=O)[C@H]1CC[C@H]2O. The summed E-state index contributed by atoms with van der Waals surface area (Å²) in [5, 5.41) is 9.70. The van der Waals surface area contributed by atoms with Gasteiger partial charge in [-0.1, -0.05) is 0 Å². The van der Waals surface area contributed by atoms with Crippen molar-refractivity contribution in [2.75, 3.05) is 0 Å². The second kappa shape index (κ2) is 2.64. The van der Waals surface area contributed by atoms with Gasteiger partial charge in [0, 0.05) is 18.8 Å². The molecule has 2 rings (SSSR count). The lowest BCUT2D eigenvalue weighted by Crippen LogP contribution is -2.46. The quantitative estimate of drug-likeness (QED) is 0.599. The number of hydrogen-bond acceptors (Lipinski definition) is 3. The first-order valence-corrected chi connectivity index (χ1v) is 4.81. The van der Waals surface area contributed by atoms with E-state index in [1.165, 1.54) is 0 Å². The Morgan fingerprint density at radius 3 is 2.62 bits per heavy atom. The number of rotatable bonds is 0. The highest BCUT2D eigenvalue weighted by Crippen LogP contribution is 2.48. The van der Waals surface area contributed by atoms with E-state index in [0.29, 0.717) is 25.7 Å². The van der Waals surface area contributed by atoms with Crippen molar-refractivity contribution < 1.29 is 14.7 Å². The Bertz CT molecular complexity index is 271. The molecule has 0 radical (unpaired) electrons. The average molecular weight is 182 g/mol. The monoisotopic (exact) mass is 182 g/mol. The third kappa shape index (κ3) is 0.998. The molecule has 13 heavy (non-hydrogen) atoms. The largest absolute Gasteiger partial charge is 0.392 e. The Kier molecular flexibility index (Phi) is 1.80. The van der Waals surface area contributed by atoms with Gasteiger partial charge in [0.15, 0.2) is 0 Å². The number of carbonyl (C=O) groups is 2. The fourth-order valence-electron chi connectivity index (χ4n) is 2.71. The zero-order chi connectivity index (χ0) is 9.64. The second-order valence-corrected chi connectivity index (χ2v) is 4.32. The summed E-state index contributed by atoms with van der Waals surface area (Å²) in [6.07, 6.45) is 1.38. The molecule has 3 heteroatoms. The van der Waals surface area contributed by atoms with E-state index in [1.807, 2.05) is 0 Å². The average Bonchev–Trinajstić information content (AvgIpc) is 2.39. The molecule has 2 aliphatic rings. The summed E-state index contributed by atoms with van der Waals surface area (Å²) in [6, 6.07) is 0. The van der Waals surface area contributed by atoms with Crippen LogP contribution < -0.4 is 0 Å². The fourth-order valence-corrected chi connectivity index (χ4v) is 2.71. The van der Waals surface area contributed by atoms with Gasteiger partial charge in [-0.25, -0.2) is 0 Å². The molecule has 3 atom stereocenters. The Morgan fingerprint density at radius 2 is 2.00 bits per heavy atom. The molecule has 1 N–H and O–H groups in total. The number of hydrogen-bond donors (Lipinski definition) is 1. The van der Waals surface area contributed by atoms with Gasteiger partial charge in [-0.05, 0) is 19.8 Å². The maximum atomic E-state index is 11.6. The van der Waals surface area contributed by atoms with Crippen LogP contribution in [0.1, 0.15) is 32.6 Å². The minimum Gasteiger partial charge on any atom is -0.392 e. The molecule has 3 nitrogen and oxygen atoms in total. The summed E-state index contributed by atoms with van der Waals surface area (Å²) in [7, 11) is 0. The second-order valence-electron chi connectivity index (χ2n) is 4.32. The minimum absolute atomic E-state index is 0.0714. The van der Waals surface area contributed by atoms with Crippen molar-refractivity contribution >= 4 is 11.6 Å². The van der Waals surface area contributed by atoms with Crippen molar-refractivity contribution in [1.82, 2.24) is 0 Å². The molecule has 2 aliphatic carbocycles. The van der Waals surface area contributed by atoms with Gasteiger partial charge in [0.2, 0.25) is 0 Å². The summed E-state index contributed by atoms with van der Waals surface area (Å²) >= 11 is 0. The van der Waals surface area contributed by atoms with Crippen molar-refractivity contribution in [1.29, 1.82) is 0 Å². The standard InChI is InChI=1S/C10H14O3/c1-10-6(2-4-8(10)12)7(11)3-5-9(10)13/h6,8,12H,2-5H2,1H3/t6-,8-,10+/m1/s1. The Labute approximate surface area is 77.1 Å². The third-order valence-corrected chi connectivity index (χ3v) is 3.73. The Morgan fingerprint density at radius 1 is 1.31 bits per heavy atom. The number of aliphatic hydroxyl groups excluding tert-OH is 1. The van der Waals surface area contributed by atoms with Gasteiger partial charge >= 0.3 is 0 Å². The maximum Gasteiger partial charge on any atom is 0.142 e. The highest BCUT2D eigenvalue weighted by atomic mass is 16.3. The van der Waals surface area contributed by atoms with Gasteiger partial charge in [0.25, 0.3) is 0 Å². The summed E-state index contributed by atoms with van der Waals surface area (Å²) in [5.74, 6) is 0.0319. The van der Waals surface area contributed by atoms with Crippen LogP contribution in [0, 0.1) is 11.3 Å². The number of fused-ring (bicyclic) bond motifs is 1. The topological polar surface area (TPSA) is 54.4 Å². The van der Waals surface area contributed by atoms with Crippen LogP contribution in [0.25, 0.3) is 0 Å². The van der Waals surface area contributed by atoms with Crippen molar-refractivity contribution in [2.45, 2.75) is 38.7 Å². The lowest BCUT2D eigenvalue weighted by atomic mass is 9.67. The molecule has 0 saturated heterocycles. The summed E-state index contributed by atoms with van der Waals surface area (Å²) in [6.45, 7) is 1.74. The van der Waals surface area contributed by atoms with Crippen molar-refractivity contribution in [3.8, 4) is 0 Å². The molecule has 0 aromatic carbocycles. The summed E-state index contributed by atoms with van der Waals surface area (Å²) in [4.78, 5) is 23.1.